The molecule has 0 radical (unpaired) electrons. The Morgan fingerprint density at radius 3 is 1.95 bits per heavy atom. The van der Waals surface area contributed by atoms with Crippen LogP contribution in [0.3, 0.4) is 0 Å². The number of hydrogen-bond acceptors (Lipinski definition) is 4. The topological polar surface area (TPSA) is 86.8 Å². The van der Waals surface area contributed by atoms with Crippen LogP contribution in [0.15, 0.2) is 71.6 Å². The van der Waals surface area contributed by atoms with Gasteiger partial charge in [-0.2, -0.15) is 0 Å². The van der Waals surface area contributed by atoms with E-state index in [4.69, 9.17) is 0 Å². The van der Waals surface area contributed by atoms with Gasteiger partial charge in [0.1, 0.15) is 12.6 Å². The number of carbonyl (C=O) groups is 2. The number of anilines is 1. The van der Waals surface area contributed by atoms with Crippen LogP contribution in [0.5, 0.6) is 0 Å². The Bertz CT molecular complexity index is 1430. The van der Waals surface area contributed by atoms with Crippen LogP contribution < -0.4 is 9.62 Å². The van der Waals surface area contributed by atoms with E-state index >= 15 is 0 Å². The Morgan fingerprint density at radius 2 is 1.38 bits per heavy atom. The van der Waals surface area contributed by atoms with E-state index in [1.807, 2.05) is 77.9 Å². The number of nitrogens with one attached hydrogen (secondary N) is 1. The number of aryl methyl sites for hydroxylation is 4. The highest BCUT2D eigenvalue weighted by molar-refractivity contribution is 7.92. The van der Waals surface area contributed by atoms with Gasteiger partial charge in [0.25, 0.3) is 10.0 Å². The number of benzene rings is 3. The molecule has 0 saturated heterocycles. The summed E-state index contributed by atoms with van der Waals surface area (Å²) >= 11 is 0. The highest BCUT2D eigenvalue weighted by atomic mass is 32.2. The Morgan fingerprint density at radius 1 is 0.825 bits per heavy atom. The lowest BCUT2D eigenvalue weighted by Gasteiger charge is -2.33. The molecule has 0 heterocycles. The van der Waals surface area contributed by atoms with Gasteiger partial charge in [-0.15, -0.1) is 0 Å². The average molecular weight is 564 g/mol. The van der Waals surface area contributed by atoms with Crippen LogP contribution in [0, 0.1) is 27.7 Å². The fraction of sp³-hybridized carbons (Fsp3) is 0.375. The van der Waals surface area contributed by atoms with E-state index in [2.05, 4.69) is 5.32 Å². The molecule has 2 amide bonds. The third-order valence-corrected chi connectivity index (χ3v) is 8.94. The summed E-state index contributed by atoms with van der Waals surface area (Å²) in [7, 11) is -4.10. The van der Waals surface area contributed by atoms with Gasteiger partial charge in [0.05, 0.1) is 10.6 Å². The van der Waals surface area contributed by atoms with Crippen molar-refractivity contribution < 1.29 is 18.0 Å². The minimum atomic E-state index is -4.10. The standard InChI is InChI=1S/C32H41N3O4S/c1-8-26(6)33-32(37)27(7)34(20-28-15-10-22(2)11-16-28)31(36)21-35(30-19-24(4)9-14-25(30)5)40(38,39)29-17-12-23(3)13-18-29/h9-19,26-27H,8,20-21H2,1-7H3,(H,33,37). The second-order valence-corrected chi connectivity index (χ2v) is 12.5. The Labute approximate surface area is 239 Å². The van der Waals surface area contributed by atoms with Gasteiger partial charge in [-0.3, -0.25) is 13.9 Å². The Balaban J connectivity index is 2.06. The molecule has 1 N–H and O–H groups in total. The molecule has 0 saturated carbocycles. The summed E-state index contributed by atoms with van der Waals surface area (Å²) in [6, 6.07) is 19.0. The molecule has 40 heavy (non-hydrogen) atoms. The lowest BCUT2D eigenvalue weighted by atomic mass is 10.1. The number of hydrogen-bond donors (Lipinski definition) is 1. The minimum absolute atomic E-state index is 0.0559. The molecule has 0 fully saturated rings. The largest absolute Gasteiger partial charge is 0.352 e. The van der Waals surface area contributed by atoms with Gasteiger partial charge in [-0.25, -0.2) is 8.42 Å². The molecule has 0 aliphatic carbocycles. The fourth-order valence-electron chi connectivity index (χ4n) is 4.28. The molecule has 214 valence electrons. The van der Waals surface area contributed by atoms with Gasteiger partial charge < -0.3 is 10.2 Å². The number of amides is 2. The van der Waals surface area contributed by atoms with Crippen LogP contribution in [0.4, 0.5) is 5.69 Å². The van der Waals surface area contributed by atoms with Crippen molar-refractivity contribution in [2.45, 2.75) is 78.4 Å². The molecule has 0 aliphatic heterocycles. The number of sulfonamides is 1. The number of rotatable bonds is 11. The lowest BCUT2D eigenvalue weighted by Crippen LogP contribution is -2.52. The fourth-order valence-corrected chi connectivity index (χ4v) is 5.75. The average Bonchev–Trinajstić information content (AvgIpc) is 2.92. The zero-order chi connectivity index (χ0) is 29.6. The van der Waals surface area contributed by atoms with E-state index in [-0.39, 0.29) is 23.4 Å². The first-order valence-electron chi connectivity index (χ1n) is 13.7. The van der Waals surface area contributed by atoms with Crippen molar-refractivity contribution in [2.75, 3.05) is 10.8 Å². The lowest BCUT2D eigenvalue weighted by molar-refractivity contribution is -0.139. The molecular formula is C32H41N3O4S. The molecule has 0 aromatic heterocycles. The van der Waals surface area contributed by atoms with Gasteiger partial charge in [-0.05, 0) is 82.9 Å². The predicted octanol–water partition coefficient (Wildman–Crippen LogP) is 5.45. The molecule has 3 rings (SSSR count). The maximum Gasteiger partial charge on any atom is 0.264 e. The maximum absolute atomic E-state index is 14.1. The van der Waals surface area contributed by atoms with Crippen LogP contribution in [-0.4, -0.2) is 43.8 Å². The van der Waals surface area contributed by atoms with Crippen molar-refractivity contribution >= 4 is 27.5 Å². The van der Waals surface area contributed by atoms with Crippen LogP contribution >= 0.6 is 0 Å². The molecule has 3 aromatic carbocycles. The summed E-state index contributed by atoms with van der Waals surface area (Å²) in [5.41, 5.74) is 4.88. The first kappa shape index (κ1) is 30.9. The second kappa shape index (κ2) is 13.1. The maximum atomic E-state index is 14.1. The van der Waals surface area contributed by atoms with Crippen LogP contribution in [-0.2, 0) is 26.2 Å². The van der Waals surface area contributed by atoms with Gasteiger partial charge in [-0.1, -0.05) is 66.6 Å². The Hall–Kier alpha value is -3.65. The molecule has 7 nitrogen and oxygen atoms in total. The van der Waals surface area contributed by atoms with Crippen molar-refractivity contribution in [1.29, 1.82) is 0 Å². The van der Waals surface area contributed by atoms with Gasteiger partial charge in [0.15, 0.2) is 0 Å². The van der Waals surface area contributed by atoms with E-state index in [9.17, 15) is 18.0 Å². The third-order valence-electron chi connectivity index (χ3n) is 7.16. The number of nitrogens with zero attached hydrogens (tertiary/aromatic N) is 2. The van der Waals surface area contributed by atoms with E-state index in [1.165, 1.54) is 9.21 Å². The van der Waals surface area contributed by atoms with E-state index < -0.39 is 28.5 Å². The monoisotopic (exact) mass is 563 g/mol. The molecule has 0 spiro atoms. The van der Waals surface area contributed by atoms with Crippen molar-refractivity contribution in [3.05, 3.63) is 94.5 Å². The second-order valence-electron chi connectivity index (χ2n) is 10.6. The van der Waals surface area contributed by atoms with E-state index in [0.717, 1.165) is 34.2 Å². The highest BCUT2D eigenvalue weighted by Gasteiger charge is 2.33. The minimum Gasteiger partial charge on any atom is -0.352 e. The predicted molar refractivity (Wildman–Crippen MR) is 161 cm³/mol. The SMILES string of the molecule is CCC(C)NC(=O)C(C)N(Cc1ccc(C)cc1)C(=O)CN(c1cc(C)ccc1C)S(=O)(=O)c1ccc(C)cc1. The molecule has 3 aromatic rings. The van der Waals surface area contributed by atoms with Crippen molar-refractivity contribution in [2.24, 2.45) is 0 Å². The highest BCUT2D eigenvalue weighted by Crippen LogP contribution is 2.28. The summed E-state index contributed by atoms with van der Waals surface area (Å²) in [4.78, 5) is 28.8. The molecule has 0 bridgehead atoms. The first-order chi connectivity index (χ1) is 18.8. The van der Waals surface area contributed by atoms with Crippen LogP contribution in [0.2, 0.25) is 0 Å². The van der Waals surface area contributed by atoms with Gasteiger partial charge in [0.2, 0.25) is 11.8 Å². The zero-order valence-electron chi connectivity index (χ0n) is 24.6. The third kappa shape index (κ3) is 7.50. The quantitative estimate of drug-likeness (QED) is 0.336. The zero-order valence-corrected chi connectivity index (χ0v) is 25.4. The summed E-state index contributed by atoms with van der Waals surface area (Å²) in [5, 5.41) is 2.96. The number of carbonyl (C=O) groups excluding carboxylic acids is 2. The summed E-state index contributed by atoms with van der Waals surface area (Å²) in [6.45, 7) is 12.9. The molecule has 2 unspecified atom stereocenters. The summed E-state index contributed by atoms with van der Waals surface area (Å²) in [5.74, 6) is -0.751. The van der Waals surface area contributed by atoms with Crippen molar-refractivity contribution in [1.82, 2.24) is 10.2 Å². The van der Waals surface area contributed by atoms with Gasteiger partial charge >= 0.3 is 0 Å². The van der Waals surface area contributed by atoms with Gasteiger partial charge in [0, 0.05) is 12.6 Å². The molecular weight excluding hydrogens is 522 g/mol. The van der Waals surface area contributed by atoms with E-state index in [1.54, 1.807) is 37.3 Å². The molecule has 0 aliphatic rings. The van der Waals surface area contributed by atoms with Crippen LogP contribution in [0.25, 0.3) is 0 Å². The summed E-state index contributed by atoms with van der Waals surface area (Å²) < 4.78 is 29.2. The van der Waals surface area contributed by atoms with Crippen LogP contribution in [0.1, 0.15) is 55.0 Å². The Kier molecular flexibility index (Phi) is 10.1. The molecule has 8 heteroatoms. The molecule has 2 atom stereocenters. The van der Waals surface area contributed by atoms with Crippen molar-refractivity contribution in [3.63, 3.8) is 0 Å². The normalized spacial score (nSPS) is 12.9. The van der Waals surface area contributed by atoms with Crippen molar-refractivity contribution in [3.8, 4) is 0 Å². The summed E-state index contributed by atoms with van der Waals surface area (Å²) in [6.07, 6.45) is 0.750. The van der Waals surface area contributed by atoms with E-state index in [0.29, 0.717) is 5.69 Å². The smallest absolute Gasteiger partial charge is 0.264 e. The first-order valence-corrected chi connectivity index (χ1v) is 15.1.